The maximum Gasteiger partial charge on any atom is 0.0645 e. The van der Waals surface area contributed by atoms with Crippen LogP contribution in [0.25, 0.3) is 0 Å². The van der Waals surface area contributed by atoms with E-state index in [1.165, 1.54) is 10.8 Å². The summed E-state index contributed by atoms with van der Waals surface area (Å²) in [6.07, 6.45) is 0. The van der Waals surface area contributed by atoms with Gasteiger partial charge in [0.25, 0.3) is 0 Å². The topological polar surface area (TPSA) is 12.4 Å². The largest absolute Gasteiger partial charge is 0.282 e. The molecule has 0 atom stereocenters. The van der Waals surface area contributed by atoms with E-state index in [1.54, 1.807) is 0 Å². The molecule has 34 valence electrons. The van der Waals surface area contributed by atoms with Crippen molar-refractivity contribution >= 4 is 16.8 Å². The van der Waals surface area contributed by atoms with Crippen molar-refractivity contribution in [1.29, 1.82) is 0 Å². The zero-order valence-corrected chi connectivity index (χ0v) is 4.59. The Morgan fingerprint density at radius 2 is 2.67 bits per heavy atom. The first-order chi connectivity index (χ1) is 2.89. The van der Waals surface area contributed by atoms with Crippen molar-refractivity contribution in [2.45, 2.75) is 6.92 Å². The summed E-state index contributed by atoms with van der Waals surface area (Å²) in [6.45, 7) is 3.09. The summed E-state index contributed by atoms with van der Waals surface area (Å²) >= 11 is 1.85. The molecule has 1 nitrogen and oxygen atoms in total. The second kappa shape index (κ2) is 1.65. The third-order valence-corrected chi connectivity index (χ3v) is 1.67. The van der Waals surface area contributed by atoms with Gasteiger partial charge in [0.1, 0.15) is 0 Å². The predicted molar refractivity (Wildman–Crippen MR) is 30.4 cm³/mol. The van der Waals surface area contributed by atoms with Gasteiger partial charge in [-0.1, -0.05) is 0 Å². The van der Waals surface area contributed by atoms with Crippen LogP contribution in [0.2, 0.25) is 0 Å². The van der Waals surface area contributed by atoms with Crippen molar-refractivity contribution in [1.82, 2.24) is 0 Å². The minimum atomic E-state index is 1.04. The molecule has 0 aromatic rings. The normalized spacial score (nSPS) is 21.2. The number of nitrogens with zero attached hydrogens (tertiary/aromatic N) is 1. The van der Waals surface area contributed by atoms with Gasteiger partial charge < -0.3 is 0 Å². The number of rotatable bonds is 0. The maximum absolute atomic E-state index is 4.12. The fourth-order valence-electron chi connectivity index (χ4n) is 0.442. The van der Waals surface area contributed by atoms with Crippen LogP contribution in [0.1, 0.15) is 6.92 Å². The van der Waals surface area contributed by atoms with Crippen LogP contribution in [0.5, 0.6) is 0 Å². The Balaban J connectivity index is 2.45. The lowest BCUT2D eigenvalue weighted by atomic mass is 10.8. The van der Waals surface area contributed by atoms with Crippen molar-refractivity contribution in [3.8, 4) is 0 Å². The van der Waals surface area contributed by atoms with E-state index in [1.807, 2.05) is 11.8 Å². The van der Waals surface area contributed by atoms with E-state index >= 15 is 0 Å². The van der Waals surface area contributed by atoms with Crippen LogP contribution >= 0.6 is 11.8 Å². The fourth-order valence-corrected chi connectivity index (χ4v) is 1.10. The van der Waals surface area contributed by atoms with Gasteiger partial charge in [-0.15, -0.1) is 11.8 Å². The number of hydrogen-bond donors (Lipinski definition) is 0. The average Bonchev–Trinajstić information content (AvgIpc) is 1.86. The van der Waals surface area contributed by atoms with E-state index < -0.39 is 0 Å². The average molecular weight is 101 g/mol. The lowest BCUT2D eigenvalue weighted by Crippen LogP contribution is -1.70. The Morgan fingerprint density at radius 3 is 2.83 bits per heavy atom. The van der Waals surface area contributed by atoms with Gasteiger partial charge in [-0.05, 0) is 6.92 Å². The third-order valence-electron chi connectivity index (χ3n) is 0.737. The van der Waals surface area contributed by atoms with Gasteiger partial charge in [-0.25, -0.2) is 0 Å². The molecule has 2 heteroatoms. The first-order valence-corrected chi connectivity index (χ1v) is 3.02. The molecule has 0 unspecified atom stereocenters. The number of hydrogen-bond acceptors (Lipinski definition) is 2. The lowest BCUT2D eigenvalue weighted by molar-refractivity contribution is 1.17. The number of thioether (sulfide) groups is 1. The molecule has 1 aliphatic rings. The standard InChI is InChI=1S/C4H7NS/c1-4-5-2-3-6-4/h2-3H2,1H3. The van der Waals surface area contributed by atoms with Crippen LogP contribution in [0.15, 0.2) is 4.99 Å². The molecule has 0 spiro atoms. The summed E-state index contributed by atoms with van der Waals surface area (Å²) < 4.78 is 0. The second-order valence-corrected chi connectivity index (χ2v) is 2.54. The summed E-state index contributed by atoms with van der Waals surface area (Å²) in [4.78, 5) is 4.12. The van der Waals surface area contributed by atoms with E-state index in [-0.39, 0.29) is 0 Å². The molecular weight excluding hydrogens is 94.1 g/mol. The lowest BCUT2D eigenvalue weighted by Gasteiger charge is -1.76. The van der Waals surface area contributed by atoms with Gasteiger partial charge in [0.15, 0.2) is 0 Å². The summed E-state index contributed by atoms with van der Waals surface area (Å²) in [5, 5.41) is 1.25. The van der Waals surface area contributed by atoms with Crippen LogP contribution in [-0.2, 0) is 0 Å². The predicted octanol–water partition coefficient (Wildman–Crippen LogP) is 1.15. The minimum Gasteiger partial charge on any atom is -0.282 e. The van der Waals surface area contributed by atoms with E-state index in [4.69, 9.17) is 0 Å². The summed E-state index contributed by atoms with van der Waals surface area (Å²) in [5.74, 6) is 1.20. The van der Waals surface area contributed by atoms with Gasteiger partial charge in [0.05, 0.1) is 5.04 Å². The molecule has 0 radical (unpaired) electrons. The molecule has 0 aromatic heterocycles. The van der Waals surface area contributed by atoms with Crippen LogP contribution in [0.3, 0.4) is 0 Å². The quantitative estimate of drug-likeness (QED) is 0.446. The molecular formula is C4H7NS. The number of aliphatic imine (C=N–C) groups is 1. The zero-order chi connectivity index (χ0) is 4.41. The highest BCUT2D eigenvalue weighted by Crippen LogP contribution is 2.09. The highest BCUT2D eigenvalue weighted by molar-refractivity contribution is 8.14. The molecule has 0 amide bonds. The molecule has 0 saturated carbocycles. The molecule has 0 N–H and O–H groups in total. The third kappa shape index (κ3) is 0.744. The Hall–Kier alpha value is 0.0200. The second-order valence-electron chi connectivity index (χ2n) is 1.25. The van der Waals surface area contributed by atoms with E-state index in [0.717, 1.165) is 6.54 Å². The molecule has 0 aliphatic carbocycles. The first kappa shape index (κ1) is 4.19. The Bertz CT molecular complexity index is 77.6. The van der Waals surface area contributed by atoms with Crippen molar-refractivity contribution in [3.63, 3.8) is 0 Å². The Kier molecular flexibility index (Phi) is 1.15. The summed E-state index contributed by atoms with van der Waals surface area (Å²) in [7, 11) is 0. The van der Waals surface area contributed by atoms with Gasteiger partial charge in [-0.3, -0.25) is 4.99 Å². The smallest absolute Gasteiger partial charge is 0.0645 e. The van der Waals surface area contributed by atoms with Crippen LogP contribution in [-0.4, -0.2) is 17.3 Å². The molecule has 1 rings (SSSR count). The molecule has 0 fully saturated rings. The van der Waals surface area contributed by atoms with Crippen molar-refractivity contribution in [3.05, 3.63) is 0 Å². The molecule has 1 heterocycles. The summed E-state index contributed by atoms with van der Waals surface area (Å²) in [6, 6.07) is 0. The monoisotopic (exact) mass is 101 g/mol. The maximum atomic E-state index is 4.12. The molecule has 0 aromatic carbocycles. The van der Waals surface area contributed by atoms with Crippen LogP contribution < -0.4 is 0 Å². The van der Waals surface area contributed by atoms with E-state index in [2.05, 4.69) is 11.9 Å². The Labute approximate surface area is 41.8 Å². The summed E-state index contributed by atoms with van der Waals surface area (Å²) in [5.41, 5.74) is 0. The molecule has 1 aliphatic heterocycles. The van der Waals surface area contributed by atoms with E-state index in [0.29, 0.717) is 0 Å². The van der Waals surface area contributed by atoms with E-state index in [9.17, 15) is 0 Å². The first-order valence-electron chi connectivity index (χ1n) is 2.03. The van der Waals surface area contributed by atoms with Crippen molar-refractivity contribution in [2.75, 3.05) is 12.3 Å². The van der Waals surface area contributed by atoms with Crippen molar-refractivity contribution in [2.24, 2.45) is 4.99 Å². The van der Waals surface area contributed by atoms with Crippen molar-refractivity contribution < 1.29 is 0 Å². The van der Waals surface area contributed by atoms with Gasteiger partial charge in [0.2, 0.25) is 0 Å². The zero-order valence-electron chi connectivity index (χ0n) is 3.77. The minimum absolute atomic E-state index is 1.04. The highest BCUT2D eigenvalue weighted by atomic mass is 32.2. The molecule has 0 bridgehead atoms. The fraction of sp³-hybridized carbons (Fsp3) is 0.750. The van der Waals surface area contributed by atoms with Gasteiger partial charge >= 0.3 is 0 Å². The van der Waals surface area contributed by atoms with Gasteiger partial charge in [0, 0.05) is 12.3 Å². The van der Waals surface area contributed by atoms with Gasteiger partial charge in [-0.2, -0.15) is 0 Å². The van der Waals surface area contributed by atoms with Crippen LogP contribution in [0.4, 0.5) is 0 Å². The Morgan fingerprint density at radius 1 is 1.83 bits per heavy atom. The molecule has 0 saturated heterocycles. The molecule has 6 heavy (non-hydrogen) atoms. The highest BCUT2D eigenvalue weighted by Gasteiger charge is 1.97. The SMILES string of the molecule is CC1=NCCS1. The van der Waals surface area contributed by atoms with Crippen LogP contribution in [0, 0.1) is 0 Å².